The third-order valence-corrected chi connectivity index (χ3v) is 3.92. The van der Waals surface area contributed by atoms with E-state index in [2.05, 4.69) is 23.5 Å². The summed E-state index contributed by atoms with van der Waals surface area (Å²) in [5.41, 5.74) is 5.40. The van der Waals surface area contributed by atoms with E-state index >= 15 is 0 Å². The first-order valence-corrected chi connectivity index (χ1v) is 6.72. The fourth-order valence-electron chi connectivity index (χ4n) is 3.12. The number of hydrogen-bond acceptors (Lipinski definition) is 1. The molecule has 2 aromatic carbocycles. The van der Waals surface area contributed by atoms with Gasteiger partial charge >= 0.3 is 0 Å². The molecule has 0 spiro atoms. The van der Waals surface area contributed by atoms with Gasteiger partial charge in [0.25, 0.3) is 0 Å². The number of hydrogen-bond donors (Lipinski definition) is 1. The predicted molar refractivity (Wildman–Crippen MR) is 75.9 cm³/mol. The summed E-state index contributed by atoms with van der Waals surface area (Å²) in [6, 6.07) is 12.0. The van der Waals surface area contributed by atoms with Gasteiger partial charge in [0, 0.05) is 19.0 Å². The molecule has 1 aliphatic rings. The molecular weight excluding hydrogens is 237 g/mol. The van der Waals surface area contributed by atoms with E-state index in [4.69, 9.17) is 0 Å². The zero-order valence-electron chi connectivity index (χ0n) is 11.3. The molecule has 0 fully saturated rings. The van der Waals surface area contributed by atoms with Gasteiger partial charge in [-0.15, -0.1) is 0 Å². The second-order valence-electron chi connectivity index (χ2n) is 5.36. The van der Waals surface area contributed by atoms with Crippen LogP contribution in [0.25, 0.3) is 0 Å². The molecule has 1 unspecified atom stereocenters. The second-order valence-corrected chi connectivity index (χ2v) is 5.36. The molecule has 2 heteroatoms. The third kappa shape index (κ3) is 2.17. The van der Waals surface area contributed by atoms with Crippen LogP contribution in [0.15, 0.2) is 36.4 Å². The Morgan fingerprint density at radius 2 is 1.95 bits per heavy atom. The summed E-state index contributed by atoms with van der Waals surface area (Å²) >= 11 is 0. The van der Waals surface area contributed by atoms with Crippen molar-refractivity contribution in [2.45, 2.75) is 26.3 Å². The maximum atomic E-state index is 14.4. The molecule has 19 heavy (non-hydrogen) atoms. The Balaban J connectivity index is 2.14. The summed E-state index contributed by atoms with van der Waals surface area (Å²) in [6.45, 7) is 5.62. The van der Waals surface area contributed by atoms with Gasteiger partial charge in [-0.1, -0.05) is 30.3 Å². The van der Waals surface area contributed by atoms with Gasteiger partial charge in [-0.3, -0.25) is 0 Å². The zero-order valence-corrected chi connectivity index (χ0v) is 11.3. The first-order chi connectivity index (χ1) is 9.16. The minimum atomic E-state index is -0.0824. The van der Waals surface area contributed by atoms with Crippen LogP contribution in [0, 0.1) is 19.7 Å². The number of fused-ring (bicyclic) bond motifs is 1. The van der Waals surface area contributed by atoms with E-state index in [1.807, 2.05) is 26.0 Å². The highest BCUT2D eigenvalue weighted by molar-refractivity contribution is 5.44. The minimum absolute atomic E-state index is 0.0824. The molecule has 1 nitrogen and oxygen atoms in total. The largest absolute Gasteiger partial charge is 0.312 e. The van der Waals surface area contributed by atoms with Gasteiger partial charge in [0.1, 0.15) is 5.82 Å². The van der Waals surface area contributed by atoms with Crippen LogP contribution >= 0.6 is 0 Å². The van der Waals surface area contributed by atoms with E-state index in [1.54, 1.807) is 6.07 Å². The first kappa shape index (κ1) is 12.4. The van der Waals surface area contributed by atoms with Crippen molar-refractivity contribution in [1.29, 1.82) is 0 Å². The van der Waals surface area contributed by atoms with Crippen LogP contribution in [0.2, 0.25) is 0 Å². The summed E-state index contributed by atoms with van der Waals surface area (Å²) in [5.74, 6) is 0.0338. The van der Waals surface area contributed by atoms with E-state index in [0.29, 0.717) is 0 Å². The molecule has 0 saturated heterocycles. The number of nitrogens with one attached hydrogen (secondary N) is 1. The van der Waals surface area contributed by atoms with Crippen LogP contribution in [0.1, 0.15) is 33.7 Å². The third-order valence-electron chi connectivity index (χ3n) is 3.92. The van der Waals surface area contributed by atoms with Crippen molar-refractivity contribution < 1.29 is 4.39 Å². The summed E-state index contributed by atoms with van der Waals surface area (Å²) in [4.78, 5) is 0. The fraction of sp³-hybridized carbons (Fsp3) is 0.294. The summed E-state index contributed by atoms with van der Waals surface area (Å²) in [5, 5.41) is 3.39. The molecule has 0 saturated carbocycles. The quantitative estimate of drug-likeness (QED) is 0.819. The highest BCUT2D eigenvalue weighted by atomic mass is 19.1. The van der Waals surface area contributed by atoms with Crippen LogP contribution in [-0.4, -0.2) is 6.54 Å². The highest BCUT2D eigenvalue weighted by Gasteiger charge is 2.25. The van der Waals surface area contributed by atoms with Gasteiger partial charge in [0.05, 0.1) is 0 Å². The number of aryl methyl sites for hydroxylation is 2. The lowest BCUT2D eigenvalue weighted by molar-refractivity contribution is 0.547. The van der Waals surface area contributed by atoms with E-state index < -0.39 is 0 Å². The van der Waals surface area contributed by atoms with E-state index in [1.165, 1.54) is 11.1 Å². The Morgan fingerprint density at radius 3 is 2.74 bits per heavy atom. The van der Waals surface area contributed by atoms with Crippen molar-refractivity contribution in [2.24, 2.45) is 0 Å². The van der Waals surface area contributed by atoms with E-state index in [0.717, 1.165) is 29.8 Å². The van der Waals surface area contributed by atoms with Crippen molar-refractivity contribution in [3.05, 3.63) is 70.0 Å². The summed E-state index contributed by atoms with van der Waals surface area (Å²) in [7, 11) is 0. The molecule has 1 heterocycles. The number of halogens is 1. The van der Waals surface area contributed by atoms with Gasteiger partial charge in [0.15, 0.2) is 0 Å². The monoisotopic (exact) mass is 255 g/mol. The van der Waals surface area contributed by atoms with Gasteiger partial charge in [0.2, 0.25) is 0 Å². The van der Waals surface area contributed by atoms with Gasteiger partial charge in [-0.05, 0) is 47.7 Å². The fourth-order valence-corrected chi connectivity index (χ4v) is 3.12. The molecule has 0 bridgehead atoms. The molecule has 0 radical (unpaired) electrons. The number of benzene rings is 2. The van der Waals surface area contributed by atoms with Crippen molar-refractivity contribution in [3.63, 3.8) is 0 Å². The SMILES string of the molecule is Cc1cc(C)c(C2CNCc3ccccc32)c(F)c1. The molecule has 1 N–H and O–H groups in total. The van der Waals surface area contributed by atoms with Crippen LogP contribution < -0.4 is 5.32 Å². The molecule has 2 aromatic rings. The molecule has 3 rings (SSSR count). The maximum absolute atomic E-state index is 14.4. The van der Waals surface area contributed by atoms with Crippen LogP contribution in [0.4, 0.5) is 4.39 Å². The van der Waals surface area contributed by atoms with Crippen molar-refractivity contribution >= 4 is 0 Å². The molecule has 0 aromatic heterocycles. The topological polar surface area (TPSA) is 12.0 Å². The van der Waals surface area contributed by atoms with Gasteiger partial charge < -0.3 is 5.32 Å². The Labute approximate surface area is 113 Å². The zero-order chi connectivity index (χ0) is 13.4. The lowest BCUT2D eigenvalue weighted by Crippen LogP contribution is -2.29. The first-order valence-electron chi connectivity index (χ1n) is 6.72. The van der Waals surface area contributed by atoms with E-state index in [9.17, 15) is 4.39 Å². The second kappa shape index (κ2) is 4.78. The lowest BCUT2D eigenvalue weighted by Gasteiger charge is -2.28. The lowest BCUT2D eigenvalue weighted by atomic mass is 9.83. The molecule has 0 aliphatic carbocycles. The summed E-state index contributed by atoms with van der Waals surface area (Å²) < 4.78 is 14.4. The Hall–Kier alpha value is -1.67. The van der Waals surface area contributed by atoms with Crippen LogP contribution in [-0.2, 0) is 6.54 Å². The van der Waals surface area contributed by atoms with Crippen molar-refractivity contribution in [3.8, 4) is 0 Å². The smallest absolute Gasteiger partial charge is 0.127 e. The Bertz CT molecular complexity index is 595. The average Bonchev–Trinajstić information content (AvgIpc) is 2.38. The summed E-state index contributed by atoms with van der Waals surface area (Å²) in [6.07, 6.45) is 0. The standard InChI is InChI=1S/C17H18FN/c1-11-7-12(2)17(16(18)8-11)15-10-19-9-13-5-3-4-6-14(13)15/h3-8,15,19H,9-10H2,1-2H3. The highest BCUT2D eigenvalue weighted by Crippen LogP contribution is 2.33. The Kier molecular flexibility index (Phi) is 3.11. The normalized spacial score (nSPS) is 18.2. The van der Waals surface area contributed by atoms with Gasteiger partial charge in [-0.25, -0.2) is 4.39 Å². The minimum Gasteiger partial charge on any atom is -0.312 e. The van der Waals surface area contributed by atoms with Gasteiger partial charge in [-0.2, -0.15) is 0 Å². The molecule has 0 amide bonds. The number of rotatable bonds is 1. The molecule has 1 atom stereocenters. The average molecular weight is 255 g/mol. The molecule has 98 valence electrons. The predicted octanol–water partition coefficient (Wildman–Crippen LogP) is 3.68. The molecular formula is C17H18FN. The van der Waals surface area contributed by atoms with E-state index in [-0.39, 0.29) is 11.7 Å². The Morgan fingerprint density at radius 1 is 1.16 bits per heavy atom. The van der Waals surface area contributed by atoms with Crippen molar-refractivity contribution in [1.82, 2.24) is 5.32 Å². The van der Waals surface area contributed by atoms with Crippen LogP contribution in [0.5, 0.6) is 0 Å². The van der Waals surface area contributed by atoms with Crippen LogP contribution in [0.3, 0.4) is 0 Å². The maximum Gasteiger partial charge on any atom is 0.127 e. The molecule has 1 aliphatic heterocycles. The van der Waals surface area contributed by atoms with Crippen molar-refractivity contribution in [2.75, 3.05) is 6.54 Å².